The summed E-state index contributed by atoms with van der Waals surface area (Å²) in [5.41, 5.74) is 3.18. The molecule has 0 nitrogen and oxygen atoms in total. The molecule has 0 N–H and O–H groups in total. The normalized spacial score (nSPS) is 26.8. The van der Waals surface area contributed by atoms with Gasteiger partial charge in [-0.25, -0.2) is 0 Å². The molecule has 2 rings (SSSR count). The lowest BCUT2D eigenvalue weighted by Crippen LogP contribution is -2.10. The predicted molar refractivity (Wildman–Crippen MR) is 57.5 cm³/mol. The zero-order valence-corrected chi connectivity index (χ0v) is 8.59. The summed E-state index contributed by atoms with van der Waals surface area (Å²) >= 11 is 0. The summed E-state index contributed by atoms with van der Waals surface area (Å²) in [4.78, 5) is 0. The van der Waals surface area contributed by atoms with Gasteiger partial charge in [-0.15, -0.1) is 0 Å². The molecule has 1 unspecified atom stereocenters. The monoisotopic (exact) mass is 174 g/mol. The van der Waals surface area contributed by atoms with E-state index in [4.69, 9.17) is 0 Å². The lowest BCUT2D eigenvalue weighted by molar-refractivity contribution is 0.631. The second-order valence-electron chi connectivity index (χ2n) is 4.39. The van der Waals surface area contributed by atoms with Gasteiger partial charge < -0.3 is 0 Å². The van der Waals surface area contributed by atoms with Crippen molar-refractivity contribution < 1.29 is 0 Å². The second-order valence-corrected chi connectivity index (χ2v) is 4.39. The van der Waals surface area contributed by atoms with Gasteiger partial charge in [0.1, 0.15) is 0 Å². The average Bonchev–Trinajstić information content (AvgIpc) is 2.17. The summed E-state index contributed by atoms with van der Waals surface area (Å²) in [5, 5.41) is 0. The van der Waals surface area contributed by atoms with E-state index in [1.165, 1.54) is 19.3 Å². The third-order valence-electron chi connectivity index (χ3n) is 3.11. The van der Waals surface area contributed by atoms with Crippen molar-refractivity contribution >= 4 is 0 Å². The smallest absolute Gasteiger partial charge is 0.00206 e. The van der Waals surface area contributed by atoms with Crippen LogP contribution < -0.4 is 0 Å². The second kappa shape index (κ2) is 3.53. The van der Waals surface area contributed by atoms with Gasteiger partial charge in [-0.3, -0.25) is 0 Å². The molecule has 0 aromatic carbocycles. The van der Waals surface area contributed by atoms with Crippen LogP contribution in [0.1, 0.15) is 33.1 Å². The van der Waals surface area contributed by atoms with E-state index in [0.717, 1.165) is 11.8 Å². The Labute approximate surface area is 81.0 Å². The first-order valence-corrected chi connectivity index (χ1v) is 5.34. The molecule has 0 aliphatic heterocycles. The summed E-state index contributed by atoms with van der Waals surface area (Å²) in [6, 6.07) is 0. The van der Waals surface area contributed by atoms with Crippen LogP contribution in [0.5, 0.6) is 0 Å². The molecule has 0 heterocycles. The van der Waals surface area contributed by atoms with Crippen LogP contribution in [-0.4, -0.2) is 0 Å². The molecule has 0 fully saturated rings. The van der Waals surface area contributed by atoms with Gasteiger partial charge in [0.05, 0.1) is 0 Å². The van der Waals surface area contributed by atoms with Crippen LogP contribution in [-0.2, 0) is 0 Å². The standard InChI is InChI=1S/C13H18/c1-10(2)12-8-7-11-5-3-4-6-13(11)9-12/h3,5,7,9-10,13H,4,6,8H2,1-2H3. The molecule has 0 saturated carbocycles. The van der Waals surface area contributed by atoms with E-state index in [0.29, 0.717) is 0 Å². The first kappa shape index (κ1) is 8.80. The van der Waals surface area contributed by atoms with E-state index in [2.05, 4.69) is 38.2 Å². The fraction of sp³-hybridized carbons (Fsp3) is 0.538. The maximum Gasteiger partial charge on any atom is 0.00206 e. The molecule has 2 aliphatic rings. The van der Waals surface area contributed by atoms with E-state index in [-0.39, 0.29) is 0 Å². The van der Waals surface area contributed by atoms with Crippen molar-refractivity contribution in [2.24, 2.45) is 11.8 Å². The van der Waals surface area contributed by atoms with Gasteiger partial charge in [0.15, 0.2) is 0 Å². The van der Waals surface area contributed by atoms with Crippen molar-refractivity contribution in [2.75, 3.05) is 0 Å². The Morgan fingerprint density at radius 2 is 2.23 bits per heavy atom. The van der Waals surface area contributed by atoms with Crippen molar-refractivity contribution in [1.29, 1.82) is 0 Å². The van der Waals surface area contributed by atoms with Gasteiger partial charge in [-0.1, -0.05) is 43.7 Å². The van der Waals surface area contributed by atoms with Crippen LogP contribution in [0, 0.1) is 11.8 Å². The Kier molecular flexibility index (Phi) is 2.39. The van der Waals surface area contributed by atoms with Crippen LogP contribution in [0.4, 0.5) is 0 Å². The van der Waals surface area contributed by atoms with Gasteiger partial charge >= 0.3 is 0 Å². The van der Waals surface area contributed by atoms with E-state index < -0.39 is 0 Å². The van der Waals surface area contributed by atoms with E-state index >= 15 is 0 Å². The van der Waals surface area contributed by atoms with E-state index in [1.54, 1.807) is 11.1 Å². The van der Waals surface area contributed by atoms with Crippen LogP contribution in [0.15, 0.2) is 35.5 Å². The lowest BCUT2D eigenvalue weighted by atomic mass is 9.80. The number of hydrogen-bond donors (Lipinski definition) is 0. The molecule has 70 valence electrons. The molecule has 0 aromatic rings. The highest BCUT2D eigenvalue weighted by molar-refractivity contribution is 5.35. The van der Waals surface area contributed by atoms with Gasteiger partial charge in [0.25, 0.3) is 0 Å². The van der Waals surface area contributed by atoms with Gasteiger partial charge in [-0.2, -0.15) is 0 Å². The van der Waals surface area contributed by atoms with Crippen LogP contribution >= 0.6 is 0 Å². The van der Waals surface area contributed by atoms with Crippen LogP contribution in [0.3, 0.4) is 0 Å². The van der Waals surface area contributed by atoms with Crippen LogP contribution in [0.25, 0.3) is 0 Å². The number of rotatable bonds is 1. The van der Waals surface area contributed by atoms with Gasteiger partial charge in [-0.05, 0) is 30.8 Å². The van der Waals surface area contributed by atoms with E-state index in [9.17, 15) is 0 Å². The highest BCUT2D eigenvalue weighted by Crippen LogP contribution is 2.33. The zero-order valence-electron chi connectivity index (χ0n) is 8.59. The molecule has 13 heavy (non-hydrogen) atoms. The van der Waals surface area contributed by atoms with E-state index in [1.807, 2.05) is 0 Å². The van der Waals surface area contributed by atoms with Crippen molar-refractivity contribution in [1.82, 2.24) is 0 Å². The predicted octanol–water partition coefficient (Wildman–Crippen LogP) is 3.87. The number of fused-ring (bicyclic) bond motifs is 1. The fourth-order valence-electron chi connectivity index (χ4n) is 2.17. The minimum absolute atomic E-state index is 0.726. The molecule has 2 aliphatic carbocycles. The Morgan fingerprint density at radius 3 is 3.00 bits per heavy atom. The molecule has 0 saturated heterocycles. The summed E-state index contributed by atoms with van der Waals surface area (Å²) < 4.78 is 0. The number of hydrogen-bond acceptors (Lipinski definition) is 0. The fourth-order valence-corrected chi connectivity index (χ4v) is 2.17. The van der Waals surface area contributed by atoms with Crippen molar-refractivity contribution in [3.63, 3.8) is 0 Å². The summed E-state index contributed by atoms with van der Waals surface area (Å²) in [5.74, 6) is 1.46. The quantitative estimate of drug-likeness (QED) is 0.529. The lowest BCUT2D eigenvalue weighted by Gasteiger charge is -2.25. The largest absolute Gasteiger partial charge is 0.0842 e. The Hall–Kier alpha value is -0.780. The maximum atomic E-state index is 2.50. The van der Waals surface area contributed by atoms with Crippen molar-refractivity contribution in [3.8, 4) is 0 Å². The molecular formula is C13H18. The minimum atomic E-state index is 0.726. The summed E-state index contributed by atoms with van der Waals surface area (Å²) in [7, 11) is 0. The van der Waals surface area contributed by atoms with Crippen molar-refractivity contribution in [3.05, 3.63) is 35.5 Å². The molecule has 0 amide bonds. The molecular weight excluding hydrogens is 156 g/mol. The first-order valence-electron chi connectivity index (χ1n) is 5.34. The topological polar surface area (TPSA) is 0 Å². The molecule has 0 spiro atoms. The summed E-state index contributed by atoms with van der Waals surface area (Å²) in [6.07, 6.45) is 13.3. The highest BCUT2D eigenvalue weighted by Gasteiger charge is 2.18. The highest BCUT2D eigenvalue weighted by atomic mass is 14.2. The summed E-state index contributed by atoms with van der Waals surface area (Å²) in [6.45, 7) is 4.59. The van der Waals surface area contributed by atoms with Crippen LogP contribution in [0.2, 0.25) is 0 Å². The minimum Gasteiger partial charge on any atom is -0.0842 e. The zero-order chi connectivity index (χ0) is 9.26. The Bertz CT molecular complexity index is 276. The molecule has 0 aromatic heterocycles. The third-order valence-corrected chi connectivity index (χ3v) is 3.11. The van der Waals surface area contributed by atoms with Crippen molar-refractivity contribution in [2.45, 2.75) is 33.1 Å². The molecule has 0 heteroatoms. The third kappa shape index (κ3) is 1.77. The first-order chi connectivity index (χ1) is 6.27. The maximum absolute atomic E-state index is 2.50. The molecule has 1 atom stereocenters. The van der Waals surface area contributed by atoms with Gasteiger partial charge in [0.2, 0.25) is 0 Å². The SMILES string of the molecule is CC(C)C1=CC2CCC=CC2=CC1. The Morgan fingerprint density at radius 1 is 1.38 bits per heavy atom. The molecule has 0 radical (unpaired) electrons. The Balaban J connectivity index is 2.18. The average molecular weight is 174 g/mol. The number of allylic oxidation sites excluding steroid dienone is 6. The van der Waals surface area contributed by atoms with Gasteiger partial charge in [0, 0.05) is 5.92 Å². The molecule has 0 bridgehead atoms.